The molecule has 3 rings (SSSR count). The monoisotopic (exact) mass is 245 g/mol. The number of aromatic nitrogens is 4. The van der Waals surface area contributed by atoms with Gasteiger partial charge in [0, 0.05) is 37.4 Å². The van der Waals surface area contributed by atoms with Gasteiger partial charge in [-0.05, 0) is 31.5 Å². The van der Waals surface area contributed by atoms with E-state index in [9.17, 15) is 0 Å². The summed E-state index contributed by atoms with van der Waals surface area (Å²) in [6, 6.07) is 4.59. The van der Waals surface area contributed by atoms with Crippen molar-refractivity contribution >= 4 is 0 Å². The normalized spacial score (nSPS) is 20.6. The minimum atomic E-state index is 0.625. The number of nitrogens with zero attached hydrogens (tertiary/aromatic N) is 5. The first-order chi connectivity index (χ1) is 8.92. The lowest BCUT2D eigenvalue weighted by atomic mass is 10.2. The fourth-order valence-electron chi connectivity index (χ4n) is 2.68. The van der Waals surface area contributed by atoms with Gasteiger partial charge in [0.1, 0.15) is 0 Å². The average Bonchev–Trinajstić information content (AvgIpc) is 3.10. The number of rotatable bonds is 5. The summed E-state index contributed by atoms with van der Waals surface area (Å²) in [6.45, 7) is 4.26. The van der Waals surface area contributed by atoms with Gasteiger partial charge in [0.15, 0.2) is 0 Å². The van der Waals surface area contributed by atoms with Crippen LogP contribution in [-0.4, -0.2) is 43.6 Å². The minimum absolute atomic E-state index is 0.625. The minimum Gasteiger partial charge on any atom is -0.297 e. The standard InChI is InChI=1S/C13H19N5/c1-4-13(12-18-9-3-6-15-18)16(7-1)10-11-17-8-2-5-14-17/h2-3,5-6,8-9,13H,1,4,7,10-12H2. The van der Waals surface area contributed by atoms with E-state index >= 15 is 0 Å². The molecule has 0 amide bonds. The lowest BCUT2D eigenvalue weighted by molar-refractivity contribution is 0.216. The van der Waals surface area contributed by atoms with Crippen molar-refractivity contribution < 1.29 is 0 Å². The van der Waals surface area contributed by atoms with Crippen LogP contribution in [0.2, 0.25) is 0 Å². The zero-order valence-corrected chi connectivity index (χ0v) is 10.5. The van der Waals surface area contributed by atoms with Gasteiger partial charge in [-0.1, -0.05) is 0 Å². The highest BCUT2D eigenvalue weighted by molar-refractivity contribution is 4.84. The third-order valence-electron chi connectivity index (χ3n) is 3.63. The maximum Gasteiger partial charge on any atom is 0.0564 e. The van der Waals surface area contributed by atoms with Gasteiger partial charge in [-0.3, -0.25) is 14.3 Å². The molecule has 5 nitrogen and oxygen atoms in total. The Hall–Kier alpha value is -1.62. The first-order valence-corrected chi connectivity index (χ1v) is 6.61. The fourth-order valence-corrected chi connectivity index (χ4v) is 2.68. The molecule has 0 N–H and O–H groups in total. The predicted octanol–water partition coefficient (Wildman–Crippen LogP) is 1.24. The van der Waals surface area contributed by atoms with Crippen LogP contribution in [0.5, 0.6) is 0 Å². The molecule has 2 aromatic rings. The Bertz CT molecular complexity index is 448. The van der Waals surface area contributed by atoms with Gasteiger partial charge in [0.2, 0.25) is 0 Å². The highest BCUT2D eigenvalue weighted by atomic mass is 15.3. The summed E-state index contributed by atoms with van der Waals surface area (Å²) in [5, 5.41) is 8.55. The summed E-state index contributed by atoms with van der Waals surface area (Å²) in [5.74, 6) is 0. The van der Waals surface area contributed by atoms with Crippen LogP contribution >= 0.6 is 0 Å². The quantitative estimate of drug-likeness (QED) is 0.795. The molecule has 0 radical (unpaired) electrons. The van der Waals surface area contributed by atoms with Crippen LogP contribution < -0.4 is 0 Å². The highest BCUT2D eigenvalue weighted by Crippen LogP contribution is 2.18. The molecule has 1 unspecified atom stereocenters. The first-order valence-electron chi connectivity index (χ1n) is 6.61. The molecule has 1 saturated heterocycles. The first kappa shape index (κ1) is 11.5. The summed E-state index contributed by atoms with van der Waals surface area (Å²) < 4.78 is 4.04. The van der Waals surface area contributed by atoms with E-state index in [0.717, 1.165) is 19.6 Å². The molecule has 0 saturated carbocycles. The Morgan fingerprint density at radius 1 is 1.00 bits per heavy atom. The van der Waals surface area contributed by atoms with Crippen molar-refractivity contribution in [2.75, 3.05) is 13.1 Å². The summed E-state index contributed by atoms with van der Waals surface area (Å²) in [6.07, 6.45) is 10.3. The van der Waals surface area contributed by atoms with E-state index in [1.165, 1.54) is 19.4 Å². The SMILES string of the molecule is c1cnn(CCN2CCCC2Cn2cccn2)c1. The van der Waals surface area contributed by atoms with E-state index in [-0.39, 0.29) is 0 Å². The van der Waals surface area contributed by atoms with E-state index in [4.69, 9.17) is 0 Å². The Kier molecular flexibility index (Phi) is 3.41. The molecule has 2 aromatic heterocycles. The molecule has 1 fully saturated rings. The number of likely N-dealkylation sites (tertiary alicyclic amines) is 1. The summed E-state index contributed by atoms with van der Waals surface area (Å²) in [4.78, 5) is 2.56. The summed E-state index contributed by atoms with van der Waals surface area (Å²) in [5.41, 5.74) is 0. The van der Waals surface area contributed by atoms with Gasteiger partial charge in [-0.15, -0.1) is 0 Å². The zero-order valence-electron chi connectivity index (χ0n) is 10.5. The van der Waals surface area contributed by atoms with Crippen LogP contribution in [0.15, 0.2) is 36.9 Å². The molecule has 96 valence electrons. The maximum absolute atomic E-state index is 4.30. The Labute approximate surface area is 107 Å². The van der Waals surface area contributed by atoms with Crippen molar-refractivity contribution in [3.8, 4) is 0 Å². The Morgan fingerprint density at radius 3 is 2.50 bits per heavy atom. The topological polar surface area (TPSA) is 38.9 Å². The van der Waals surface area contributed by atoms with Crippen LogP contribution in [0.1, 0.15) is 12.8 Å². The molecule has 3 heterocycles. The van der Waals surface area contributed by atoms with Crippen molar-refractivity contribution in [3.05, 3.63) is 36.9 Å². The third kappa shape index (κ3) is 2.61. The van der Waals surface area contributed by atoms with Gasteiger partial charge < -0.3 is 0 Å². The van der Waals surface area contributed by atoms with E-state index < -0.39 is 0 Å². The lowest BCUT2D eigenvalue weighted by Crippen LogP contribution is -2.35. The van der Waals surface area contributed by atoms with E-state index in [0.29, 0.717) is 6.04 Å². The Morgan fingerprint density at radius 2 is 1.78 bits per heavy atom. The molecular weight excluding hydrogens is 226 g/mol. The molecule has 0 aromatic carbocycles. The summed E-state index contributed by atoms with van der Waals surface area (Å²) >= 11 is 0. The smallest absolute Gasteiger partial charge is 0.0564 e. The van der Waals surface area contributed by atoms with Gasteiger partial charge in [-0.25, -0.2) is 0 Å². The molecule has 0 bridgehead atoms. The van der Waals surface area contributed by atoms with Crippen molar-refractivity contribution in [1.29, 1.82) is 0 Å². The maximum atomic E-state index is 4.30. The van der Waals surface area contributed by atoms with Crippen LogP contribution in [0, 0.1) is 0 Å². The second kappa shape index (κ2) is 5.35. The molecule has 0 aliphatic carbocycles. The number of hydrogen-bond donors (Lipinski definition) is 0. The van der Waals surface area contributed by atoms with E-state index in [1.54, 1.807) is 0 Å². The van der Waals surface area contributed by atoms with Crippen LogP contribution in [0.4, 0.5) is 0 Å². The second-order valence-corrected chi connectivity index (χ2v) is 4.83. The predicted molar refractivity (Wildman–Crippen MR) is 69.0 cm³/mol. The molecule has 18 heavy (non-hydrogen) atoms. The lowest BCUT2D eigenvalue weighted by Gasteiger charge is -2.24. The van der Waals surface area contributed by atoms with Gasteiger partial charge in [0.25, 0.3) is 0 Å². The molecule has 5 heteroatoms. The number of hydrogen-bond acceptors (Lipinski definition) is 3. The van der Waals surface area contributed by atoms with Crippen molar-refractivity contribution in [1.82, 2.24) is 24.5 Å². The zero-order chi connectivity index (χ0) is 12.2. The Balaban J connectivity index is 1.54. The molecule has 1 aliphatic rings. The van der Waals surface area contributed by atoms with Crippen LogP contribution in [0.25, 0.3) is 0 Å². The summed E-state index contributed by atoms with van der Waals surface area (Å²) in [7, 11) is 0. The fraction of sp³-hybridized carbons (Fsp3) is 0.538. The van der Waals surface area contributed by atoms with Crippen LogP contribution in [-0.2, 0) is 13.1 Å². The van der Waals surface area contributed by atoms with Crippen molar-refractivity contribution in [3.63, 3.8) is 0 Å². The third-order valence-corrected chi connectivity index (χ3v) is 3.63. The molecule has 1 atom stereocenters. The van der Waals surface area contributed by atoms with E-state index in [1.807, 2.05) is 46.3 Å². The van der Waals surface area contributed by atoms with Crippen molar-refractivity contribution in [2.24, 2.45) is 0 Å². The average molecular weight is 245 g/mol. The van der Waals surface area contributed by atoms with Crippen molar-refractivity contribution in [2.45, 2.75) is 32.0 Å². The highest BCUT2D eigenvalue weighted by Gasteiger charge is 2.24. The largest absolute Gasteiger partial charge is 0.297 e. The molecular formula is C13H19N5. The van der Waals surface area contributed by atoms with E-state index in [2.05, 4.69) is 15.1 Å². The van der Waals surface area contributed by atoms with Gasteiger partial charge >= 0.3 is 0 Å². The second-order valence-electron chi connectivity index (χ2n) is 4.83. The van der Waals surface area contributed by atoms with Gasteiger partial charge in [-0.2, -0.15) is 10.2 Å². The van der Waals surface area contributed by atoms with Crippen LogP contribution in [0.3, 0.4) is 0 Å². The molecule has 0 spiro atoms. The van der Waals surface area contributed by atoms with Gasteiger partial charge in [0.05, 0.1) is 13.1 Å². The molecule has 1 aliphatic heterocycles.